The van der Waals surface area contributed by atoms with Crippen molar-refractivity contribution in [2.45, 2.75) is 45.1 Å². The van der Waals surface area contributed by atoms with Gasteiger partial charge in [-0.1, -0.05) is 12.1 Å². The summed E-state index contributed by atoms with van der Waals surface area (Å²) in [5.74, 6) is -0.549. The van der Waals surface area contributed by atoms with Crippen molar-refractivity contribution >= 4 is 15.9 Å². The Morgan fingerprint density at radius 3 is 2.47 bits per heavy atom. The Morgan fingerprint density at radius 2 is 2.05 bits per heavy atom. The second-order valence-electron chi connectivity index (χ2n) is 3.98. The lowest BCUT2D eigenvalue weighted by molar-refractivity contribution is -0.130. The lowest BCUT2D eigenvalue weighted by Crippen LogP contribution is -2.40. The van der Waals surface area contributed by atoms with E-state index in [0.717, 1.165) is 0 Å². The minimum atomic E-state index is -3.99. The molecule has 0 aliphatic carbocycles. The van der Waals surface area contributed by atoms with Gasteiger partial charge < -0.3 is 9.26 Å². The Balaban J connectivity index is 2.95. The highest BCUT2D eigenvalue weighted by Crippen LogP contribution is 2.18. The zero-order valence-electron chi connectivity index (χ0n) is 11.4. The van der Waals surface area contributed by atoms with Crippen molar-refractivity contribution in [2.24, 2.45) is 0 Å². The van der Waals surface area contributed by atoms with Gasteiger partial charge in [0.25, 0.3) is 15.9 Å². The van der Waals surface area contributed by atoms with Crippen LogP contribution in [-0.2, 0) is 19.6 Å². The van der Waals surface area contributed by atoms with E-state index in [1.165, 1.54) is 13.8 Å². The van der Waals surface area contributed by atoms with E-state index >= 15 is 0 Å². The molecule has 1 aromatic heterocycles. The maximum absolute atomic E-state index is 12.1. The molecule has 1 amide bonds. The molecule has 108 valence electrons. The van der Waals surface area contributed by atoms with Crippen LogP contribution in [0.3, 0.4) is 0 Å². The largest absolute Gasteiger partial charge is 0.369 e. The number of nitrogens with one attached hydrogen (secondary N) is 1. The van der Waals surface area contributed by atoms with Crippen LogP contribution in [0.15, 0.2) is 9.42 Å². The van der Waals surface area contributed by atoms with E-state index < -0.39 is 22.0 Å². The fourth-order valence-electron chi connectivity index (χ4n) is 1.69. The molecule has 1 atom stereocenters. The van der Waals surface area contributed by atoms with Crippen LogP contribution in [0.5, 0.6) is 0 Å². The zero-order valence-corrected chi connectivity index (χ0v) is 12.2. The number of rotatable bonds is 6. The molecule has 0 spiro atoms. The van der Waals surface area contributed by atoms with Crippen molar-refractivity contribution < 1.29 is 22.5 Å². The van der Waals surface area contributed by atoms with Gasteiger partial charge in [0.1, 0.15) is 11.8 Å². The molecule has 7 nitrogen and oxygen atoms in total. The molecule has 0 aliphatic heterocycles. The number of amides is 1. The lowest BCUT2D eigenvalue weighted by atomic mass is 10.3. The van der Waals surface area contributed by atoms with Gasteiger partial charge >= 0.3 is 0 Å². The maximum atomic E-state index is 12.1. The van der Waals surface area contributed by atoms with Crippen LogP contribution >= 0.6 is 0 Å². The molecule has 0 saturated heterocycles. The summed E-state index contributed by atoms with van der Waals surface area (Å²) < 4.78 is 36.1. The van der Waals surface area contributed by atoms with Gasteiger partial charge in [0.15, 0.2) is 10.7 Å². The number of sulfonamides is 1. The molecular formula is C11H18N2O5S. The third-order valence-corrected chi connectivity index (χ3v) is 4.09. The van der Waals surface area contributed by atoms with Gasteiger partial charge in [0.2, 0.25) is 0 Å². The molecule has 0 unspecified atom stereocenters. The SMILES string of the molecule is CCO[C@H](CC)C(=O)NS(=O)(=O)c1c(C)noc1C. The van der Waals surface area contributed by atoms with Gasteiger partial charge in [0, 0.05) is 6.61 Å². The molecule has 19 heavy (non-hydrogen) atoms. The number of aromatic nitrogens is 1. The predicted octanol–water partition coefficient (Wildman–Crippen LogP) is 0.911. The summed E-state index contributed by atoms with van der Waals surface area (Å²) >= 11 is 0. The van der Waals surface area contributed by atoms with Crippen LogP contribution in [0.2, 0.25) is 0 Å². The van der Waals surface area contributed by atoms with E-state index in [1.54, 1.807) is 13.8 Å². The van der Waals surface area contributed by atoms with Crippen molar-refractivity contribution in [1.29, 1.82) is 0 Å². The quantitative estimate of drug-likeness (QED) is 0.836. The summed E-state index contributed by atoms with van der Waals surface area (Å²) in [5.41, 5.74) is 0.210. The third-order valence-electron chi connectivity index (χ3n) is 2.50. The highest BCUT2D eigenvalue weighted by atomic mass is 32.2. The van der Waals surface area contributed by atoms with E-state index in [2.05, 4.69) is 5.16 Å². The normalized spacial score (nSPS) is 13.3. The van der Waals surface area contributed by atoms with Crippen molar-refractivity contribution in [3.05, 3.63) is 11.5 Å². The molecule has 8 heteroatoms. The second-order valence-corrected chi connectivity index (χ2v) is 5.59. The van der Waals surface area contributed by atoms with Crippen LogP contribution in [0, 0.1) is 13.8 Å². The van der Waals surface area contributed by atoms with Crippen molar-refractivity contribution in [3.8, 4) is 0 Å². The molecule has 0 fully saturated rings. The predicted molar refractivity (Wildman–Crippen MR) is 67.0 cm³/mol. The van der Waals surface area contributed by atoms with E-state index in [0.29, 0.717) is 13.0 Å². The van der Waals surface area contributed by atoms with E-state index in [4.69, 9.17) is 9.26 Å². The maximum Gasteiger partial charge on any atom is 0.269 e. The fraction of sp³-hybridized carbons (Fsp3) is 0.636. The standard InChI is InChI=1S/C11H18N2O5S/c1-5-9(17-6-2)11(14)13-19(15,16)10-7(3)12-18-8(10)4/h9H,5-6H2,1-4H3,(H,13,14)/t9-/m1/s1. The smallest absolute Gasteiger partial charge is 0.269 e. The van der Waals surface area contributed by atoms with Crippen LogP contribution in [0.1, 0.15) is 31.7 Å². The van der Waals surface area contributed by atoms with Crippen LogP contribution in [-0.4, -0.2) is 32.2 Å². The Labute approximate surface area is 112 Å². The van der Waals surface area contributed by atoms with Crippen LogP contribution in [0.25, 0.3) is 0 Å². The topological polar surface area (TPSA) is 98.5 Å². The Bertz CT molecular complexity index is 530. The number of aryl methyl sites for hydroxylation is 2. The van der Waals surface area contributed by atoms with Crippen molar-refractivity contribution in [2.75, 3.05) is 6.61 Å². The van der Waals surface area contributed by atoms with Gasteiger partial charge in [-0.15, -0.1) is 0 Å². The highest BCUT2D eigenvalue weighted by Gasteiger charge is 2.28. The first-order valence-corrected chi connectivity index (χ1v) is 7.42. The molecule has 0 saturated carbocycles. The van der Waals surface area contributed by atoms with Crippen molar-refractivity contribution in [3.63, 3.8) is 0 Å². The van der Waals surface area contributed by atoms with Gasteiger partial charge in [0.05, 0.1) is 0 Å². The van der Waals surface area contributed by atoms with Crippen LogP contribution in [0.4, 0.5) is 0 Å². The molecule has 0 radical (unpaired) electrons. The third kappa shape index (κ3) is 3.54. The Hall–Kier alpha value is -1.41. The van der Waals surface area contributed by atoms with Gasteiger partial charge in [-0.05, 0) is 27.2 Å². The molecule has 0 bridgehead atoms. The number of hydrogen-bond acceptors (Lipinski definition) is 6. The van der Waals surface area contributed by atoms with E-state index in [-0.39, 0.29) is 16.3 Å². The summed E-state index contributed by atoms with van der Waals surface area (Å²) in [6.45, 7) is 6.77. The highest BCUT2D eigenvalue weighted by molar-refractivity contribution is 7.90. The van der Waals surface area contributed by atoms with E-state index in [1.807, 2.05) is 4.72 Å². The first-order valence-electron chi connectivity index (χ1n) is 5.94. The molecule has 1 rings (SSSR count). The summed E-state index contributed by atoms with van der Waals surface area (Å²) in [4.78, 5) is 11.7. The van der Waals surface area contributed by atoms with Gasteiger partial charge in [-0.25, -0.2) is 13.1 Å². The summed E-state index contributed by atoms with van der Waals surface area (Å²) in [6.07, 6.45) is -0.406. The minimum Gasteiger partial charge on any atom is -0.369 e. The molecule has 0 aliphatic rings. The molecular weight excluding hydrogens is 272 g/mol. The molecule has 1 aromatic rings. The number of nitrogens with zero attached hydrogens (tertiary/aromatic N) is 1. The summed E-state index contributed by atoms with van der Waals surface area (Å²) in [5, 5.41) is 3.55. The molecule has 0 aromatic carbocycles. The number of carbonyl (C=O) groups excluding carboxylic acids is 1. The monoisotopic (exact) mass is 290 g/mol. The van der Waals surface area contributed by atoms with Crippen LogP contribution < -0.4 is 4.72 Å². The summed E-state index contributed by atoms with van der Waals surface area (Å²) in [6, 6.07) is 0. The minimum absolute atomic E-state index is 0.104. The Kier molecular flexibility index (Phi) is 5.07. The number of hydrogen-bond donors (Lipinski definition) is 1. The van der Waals surface area contributed by atoms with Gasteiger partial charge in [-0.3, -0.25) is 4.79 Å². The number of ether oxygens (including phenoxy) is 1. The first-order chi connectivity index (χ1) is 8.83. The fourth-order valence-corrected chi connectivity index (χ4v) is 3.03. The Morgan fingerprint density at radius 1 is 1.42 bits per heavy atom. The average Bonchev–Trinajstić information content (AvgIpc) is 2.65. The van der Waals surface area contributed by atoms with Gasteiger partial charge in [-0.2, -0.15) is 0 Å². The first kappa shape index (κ1) is 15.6. The molecule has 1 N–H and O–H groups in total. The lowest BCUT2D eigenvalue weighted by Gasteiger charge is -2.14. The summed E-state index contributed by atoms with van der Waals surface area (Å²) in [7, 11) is -3.99. The molecule has 1 heterocycles. The average molecular weight is 290 g/mol. The van der Waals surface area contributed by atoms with E-state index in [9.17, 15) is 13.2 Å². The second kappa shape index (κ2) is 6.16. The zero-order chi connectivity index (χ0) is 14.6. The van der Waals surface area contributed by atoms with Crippen molar-refractivity contribution in [1.82, 2.24) is 9.88 Å². The number of carbonyl (C=O) groups is 1.